The maximum atomic E-state index is 12.9. The summed E-state index contributed by atoms with van der Waals surface area (Å²) in [4.78, 5) is 51.9. The molecule has 2 saturated heterocycles. The molecule has 1 N–H and O–H groups in total. The summed E-state index contributed by atoms with van der Waals surface area (Å²) in [6.07, 6.45) is 8.90. The van der Waals surface area contributed by atoms with Gasteiger partial charge in [-0.05, 0) is 67.1 Å². The minimum absolute atomic E-state index is 0.122. The number of carbonyl (C=O) groups excluding carboxylic acids is 4. The van der Waals surface area contributed by atoms with Crippen molar-refractivity contribution in [1.82, 2.24) is 15.1 Å². The first-order valence-electron chi connectivity index (χ1n) is 11.4. The van der Waals surface area contributed by atoms with Crippen LogP contribution in [0.2, 0.25) is 0 Å². The van der Waals surface area contributed by atoms with Gasteiger partial charge < -0.3 is 4.90 Å². The van der Waals surface area contributed by atoms with Gasteiger partial charge in [-0.1, -0.05) is 24.3 Å². The first-order chi connectivity index (χ1) is 15.5. The van der Waals surface area contributed by atoms with Crippen LogP contribution in [0.15, 0.2) is 42.0 Å². The van der Waals surface area contributed by atoms with Crippen LogP contribution in [0.3, 0.4) is 0 Å². The molecule has 3 heterocycles. The van der Waals surface area contributed by atoms with Gasteiger partial charge in [0.1, 0.15) is 6.04 Å². The molecule has 0 spiro atoms. The van der Waals surface area contributed by atoms with E-state index in [9.17, 15) is 19.2 Å². The van der Waals surface area contributed by atoms with Crippen molar-refractivity contribution in [3.8, 4) is 0 Å². The number of piperidine rings is 2. The highest BCUT2D eigenvalue weighted by atomic mass is 16.2. The molecule has 7 heteroatoms. The van der Waals surface area contributed by atoms with Gasteiger partial charge in [-0.2, -0.15) is 0 Å². The molecule has 5 rings (SSSR count). The van der Waals surface area contributed by atoms with Crippen LogP contribution >= 0.6 is 0 Å². The van der Waals surface area contributed by atoms with Crippen LogP contribution in [0.5, 0.6) is 0 Å². The maximum absolute atomic E-state index is 12.9. The van der Waals surface area contributed by atoms with Crippen LogP contribution in [0, 0.1) is 0 Å². The quantitative estimate of drug-likeness (QED) is 0.735. The highest BCUT2D eigenvalue weighted by molar-refractivity contribution is 6.05. The van der Waals surface area contributed by atoms with Gasteiger partial charge in [-0.25, -0.2) is 0 Å². The number of ketones is 1. The van der Waals surface area contributed by atoms with Crippen molar-refractivity contribution in [1.29, 1.82) is 0 Å². The SMILES string of the molecule is O=C1C=CC(CN2CCC(c3ccc4c(c3)CN(C3CCC(=O)NC3=O)C4=O)CC2)=CC1. The Morgan fingerprint density at radius 2 is 1.81 bits per heavy atom. The molecule has 1 unspecified atom stereocenters. The van der Waals surface area contributed by atoms with Gasteiger partial charge in [0.15, 0.2) is 5.78 Å². The van der Waals surface area contributed by atoms with Crippen LogP contribution in [-0.4, -0.2) is 59.0 Å². The molecule has 1 atom stereocenters. The number of imide groups is 1. The van der Waals surface area contributed by atoms with Gasteiger partial charge in [-0.3, -0.25) is 29.4 Å². The molecule has 0 aromatic heterocycles. The number of likely N-dealkylation sites (tertiary alicyclic amines) is 1. The molecule has 2 fully saturated rings. The Kier molecular flexibility index (Phi) is 5.51. The van der Waals surface area contributed by atoms with Crippen LogP contribution in [0.4, 0.5) is 0 Å². The Morgan fingerprint density at radius 3 is 2.53 bits per heavy atom. The molecular weight excluding hydrogens is 406 g/mol. The molecule has 4 aliphatic rings. The molecule has 0 saturated carbocycles. The third kappa shape index (κ3) is 4.05. The average Bonchev–Trinajstić information content (AvgIpc) is 3.11. The van der Waals surface area contributed by atoms with Gasteiger partial charge in [0.25, 0.3) is 5.91 Å². The Balaban J connectivity index is 1.21. The minimum Gasteiger partial charge on any atom is -0.322 e. The Hall–Kier alpha value is -3.06. The number of carbonyl (C=O) groups is 4. The normalized spacial score (nSPS) is 24.6. The number of allylic oxidation sites excluding steroid dienone is 2. The van der Waals surface area contributed by atoms with Crippen molar-refractivity contribution in [3.05, 3.63) is 58.7 Å². The molecule has 0 radical (unpaired) electrons. The lowest BCUT2D eigenvalue weighted by Gasteiger charge is -2.32. The van der Waals surface area contributed by atoms with E-state index in [2.05, 4.69) is 22.3 Å². The topological polar surface area (TPSA) is 86.8 Å². The lowest BCUT2D eigenvalue weighted by Crippen LogP contribution is -2.52. The zero-order chi connectivity index (χ0) is 22.2. The molecular formula is C25H27N3O4. The fourth-order valence-corrected chi connectivity index (χ4v) is 5.22. The van der Waals surface area contributed by atoms with Crippen molar-refractivity contribution in [2.45, 2.75) is 50.6 Å². The largest absolute Gasteiger partial charge is 0.322 e. The third-order valence-corrected chi connectivity index (χ3v) is 7.06. The van der Waals surface area contributed by atoms with Gasteiger partial charge in [-0.15, -0.1) is 0 Å². The summed E-state index contributed by atoms with van der Waals surface area (Å²) in [5.41, 5.74) is 4.11. The second kappa shape index (κ2) is 8.47. The second-order valence-corrected chi connectivity index (χ2v) is 9.15. The van der Waals surface area contributed by atoms with E-state index in [1.54, 1.807) is 11.0 Å². The lowest BCUT2D eigenvalue weighted by molar-refractivity contribution is -0.137. The van der Waals surface area contributed by atoms with Crippen molar-refractivity contribution in [2.75, 3.05) is 19.6 Å². The summed E-state index contributed by atoms with van der Waals surface area (Å²) >= 11 is 0. The Bertz CT molecular complexity index is 1050. The van der Waals surface area contributed by atoms with Crippen LogP contribution in [0.1, 0.15) is 59.5 Å². The number of amides is 3. The van der Waals surface area contributed by atoms with Crippen molar-refractivity contribution in [3.63, 3.8) is 0 Å². The van der Waals surface area contributed by atoms with E-state index in [0.29, 0.717) is 30.9 Å². The molecule has 3 amide bonds. The number of rotatable bonds is 4. The lowest BCUT2D eigenvalue weighted by atomic mass is 9.87. The van der Waals surface area contributed by atoms with Crippen LogP contribution in [-0.2, 0) is 20.9 Å². The summed E-state index contributed by atoms with van der Waals surface area (Å²) in [5, 5.41) is 2.35. The maximum Gasteiger partial charge on any atom is 0.255 e. The molecule has 0 bridgehead atoms. The number of hydrogen-bond acceptors (Lipinski definition) is 5. The van der Waals surface area contributed by atoms with Crippen LogP contribution in [0.25, 0.3) is 0 Å². The zero-order valence-corrected chi connectivity index (χ0v) is 18.0. The van der Waals surface area contributed by atoms with Crippen molar-refractivity contribution < 1.29 is 19.2 Å². The van der Waals surface area contributed by atoms with Gasteiger partial charge >= 0.3 is 0 Å². The summed E-state index contributed by atoms with van der Waals surface area (Å²) in [6.45, 7) is 3.31. The van der Waals surface area contributed by atoms with Crippen molar-refractivity contribution >= 4 is 23.5 Å². The van der Waals surface area contributed by atoms with Crippen molar-refractivity contribution in [2.24, 2.45) is 0 Å². The fraction of sp³-hybridized carbons (Fsp3) is 0.440. The standard InChI is InChI=1S/C25H27N3O4/c29-20-4-1-16(2-5-20)14-27-11-9-17(10-12-27)18-3-6-21-19(13-18)15-28(25(21)32)22-7-8-23(30)26-24(22)31/h1-4,6,13,17,22H,5,7-12,14-15H2,(H,26,30,31). The summed E-state index contributed by atoms with van der Waals surface area (Å²) < 4.78 is 0. The van der Waals surface area contributed by atoms with E-state index in [0.717, 1.165) is 38.0 Å². The number of fused-ring (bicyclic) bond motifs is 1. The molecule has 32 heavy (non-hydrogen) atoms. The Labute approximate surface area is 187 Å². The highest BCUT2D eigenvalue weighted by Crippen LogP contribution is 2.33. The zero-order valence-electron chi connectivity index (χ0n) is 18.0. The average molecular weight is 434 g/mol. The van der Waals surface area contributed by atoms with Gasteiger partial charge in [0.05, 0.1) is 0 Å². The van der Waals surface area contributed by atoms with E-state index in [4.69, 9.17) is 0 Å². The molecule has 1 aliphatic carbocycles. The van der Waals surface area contributed by atoms with E-state index < -0.39 is 6.04 Å². The molecule has 166 valence electrons. The molecule has 7 nitrogen and oxygen atoms in total. The summed E-state index contributed by atoms with van der Waals surface area (Å²) in [6, 6.07) is 5.53. The monoisotopic (exact) mass is 433 g/mol. The minimum atomic E-state index is -0.572. The summed E-state index contributed by atoms with van der Waals surface area (Å²) in [7, 11) is 0. The van der Waals surface area contributed by atoms with E-state index >= 15 is 0 Å². The smallest absolute Gasteiger partial charge is 0.255 e. The van der Waals surface area contributed by atoms with Crippen LogP contribution < -0.4 is 5.32 Å². The van der Waals surface area contributed by atoms with E-state index in [1.807, 2.05) is 18.2 Å². The highest BCUT2D eigenvalue weighted by Gasteiger charge is 2.39. The number of benzene rings is 1. The van der Waals surface area contributed by atoms with Gasteiger partial charge in [0, 0.05) is 31.5 Å². The van der Waals surface area contributed by atoms with E-state index in [-0.39, 0.29) is 29.9 Å². The first kappa shape index (κ1) is 20.8. The first-order valence-corrected chi connectivity index (χ1v) is 11.4. The number of nitrogens with one attached hydrogen (secondary N) is 1. The van der Waals surface area contributed by atoms with Gasteiger partial charge in [0.2, 0.25) is 11.8 Å². The molecule has 1 aromatic rings. The van der Waals surface area contributed by atoms with E-state index in [1.165, 1.54) is 11.1 Å². The fourth-order valence-electron chi connectivity index (χ4n) is 5.22. The molecule has 3 aliphatic heterocycles. The second-order valence-electron chi connectivity index (χ2n) is 9.15. The number of nitrogens with zero attached hydrogens (tertiary/aromatic N) is 2. The summed E-state index contributed by atoms with van der Waals surface area (Å²) in [5.74, 6) is -0.147. The Morgan fingerprint density at radius 1 is 1.00 bits per heavy atom. The third-order valence-electron chi connectivity index (χ3n) is 7.06. The molecule has 1 aromatic carbocycles. The predicted molar refractivity (Wildman–Crippen MR) is 118 cm³/mol. The predicted octanol–water partition coefficient (Wildman–Crippen LogP) is 2.08. The number of hydrogen-bond donors (Lipinski definition) is 1.